The molecular weight excluding hydrogens is 487 g/mol. The summed E-state index contributed by atoms with van der Waals surface area (Å²) in [6, 6.07) is 15.1. The monoisotopic (exact) mass is 518 g/mol. The molecule has 0 aromatic heterocycles. The summed E-state index contributed by atoms with van der Waals surface area (Å²) in [7, 11) is 0. The van der Waals surface area contributed by atoms with Crippen LogP contribution in [0, 0.1) is 5.41 Å². The van der Waals surface area contributed by atoms with Gasteiger partial charge in [-0.15, -0.1) is 0 Å². The molecule has 35 heavy (non-hydrogen) atoms. The van der Waals surface area contributed by atoms with Gasteiger partial charge in [-0.2, -0.15) is 0 Å². The Labute approximate surface area is 216 Å². The molecule has 1 aliphatic rings. The van der Waals surface area contributed by atoms with Gasteiger partial charge in [0.15, 0.2) is 0 Å². The summed E-state index contributed by atoms with van der Waals surface area (Å²) < 4.78 is 0. The van der Waals surface area contributed by atoms with Crippen LogP contribution < -0.4 is 5.32 Å². The van der Waals surface area contributed by atoms with Crippen LogP contribution in [0.15, 0.2) is 48.5 Å². The third-order valence-corrected chi connectivity index (χ3v) is 7.56. The molecule has 3 atom stereocenters. The molecule has 1 aliphatic heterocycles. The minimum atomic E-state index is -1.40. The van der Waals surface area contributed by atoms with Crippen molar-refractivity contribution in [3.63, 3.8) is 0 Å². The highest BCUT2D eigenvalue weighted by Crippen LogP contribution is 2.52. The summed E-state index contributed by atoms with van der Waals surface area (Å²) in [4.78, 5) is 39.2. The maximum atomic E-state index is 14.2. The van der Waals surface area contributed by atoms with Gasteiger partial charge in [-0.05, 0) is 61.1 Å². The second-order valence-electron chi connectivity index (χ2n) is 9.46. The number of hydrogen-bond donors (Lipinski definition) is 2. The van der Waals surface area contributed by atoms with Crippen LogP contribution in [0.25, 0.3) is 0 Å². The molecule has 1 heterocycles. The third-order valence-electron chi connectivity index (χ3n) is 7.08. The summed E-state index contributed by atoms with van der Waals surface area (Å²) >= 11 is 12.6. The molecule has 0 bridgehead atoms. The lowest BCUT2D eigenvalue weighted by molar-refractivity contribution is -0.155. The van der Waals surface area contributed by atoms with Crippen molar-refractivity contribution in [2.75, 3.05) is 0 Å². The van der Waals surface area contributed by atoms with Crippen molar-refractivity contribution in [3.05, 3.63) is 69.7 Å². The van der Waals surface area contributed by atoms with E-state index in [1.54, 1.807) is 0 Å². The van der Waals surface area contributed by atoms with E-state index in [9.17, 15) is 14.4 Å². The molecule has 1 saturated heterocycles. The molecule has 0 radical (unpaired) electrons. The van der Waals surface area contributed by atoms with Gasteiger partial charge < -0.3 is 10.0 Å². The Hall–Kier alpha value is -2.57. The van der Waals surface area contributed by atoms with Crippen LogP contribution in [-0.4, -0.2) is 34.0 Å². The van der Waals surface area contributed by atoms with E-state index in [1.165, 1.54) is 0 Å². The average molecular weight is 519 g/mol. The van der Waals surface area contributed by atoms with Crippen molar-refractivity contribution in [1.82, 2.24) is 10.2 Å². The quantitative estimate of drug-likeness (QED) is 0.401. The minimum absolute atomic E-state index is 0.00247. The van der Waals surface area contributed by atoms with E-state index < -0.39 is 17.4 Å². The van der Waals surface area contributed by atoms with Gasteiger partial charge in [0.1, 0.15) is 0 Å². The summed E-state index contributed by atoms with van der Waals surface area (Å²) in [6.45, 7) is 6.02. The first-order chi connectivity index (χ1) is 16.6. The molecule has 2 aromatic carbocycles. The van der Waals surface area contributed by atoms with Crippen molar-refractivity contribution in [2.24, 2.45) is 5.41 Å². The number of amides is 3. The zero-order valence-corrected chi connectivity index (χ0v) is 21.8. The molecule has 3 amide bonds. The first-order valence-electron chi connectivity index (χ1n) is 12.0. The zero-order valence-electron chi connectivity index (χ0n) is 20.3. The number of halogens is 2. The van der Waals surface area contributed by atoms with Crippen molar-refractivity contribution in [3.8, 4) is 0 Å². The van der Waals surface area contributed by atoms with E-state index in [0.29, 0.717) is 16.5 Å². The number of carboxylic acid groups (broad SMARTS) is 1. The van der Waals surface area contributed by atoms with E-state index in [0.717, 1.165) is 24.0 Å². The second kappa shape index (κ2) is 11.4. The van der Waals surface area contributed by atoms with Crippen LogP contribution in [-0.2, 0) is 9.59 Å². The number of likely N-dealkylation sites (tertiary alicyclic amines) is 1. The number of piperidine rings is 1. The van der Waals surface area contributed by atoms with Gasteiger partial charge in [-0.1, -0.05) is 68.2 Å². The molecule has 0 aliphatic carbocycles. The normalized spacial score (nSPS) is 22.3. The van der Waals surface area contributed by atoms with E-state index in [2.05, 4.69) is 13.8 Å². The molecule has 0 saturated carbocycles. The highest BCUT2D eigenvalue weighted by molar-refractivity contribution is 6.30. The summed E-state index contributed by atoms with van der Waals surface area (Å²) in [5.41, 5.74) is 1.15. The number of benzene rings is 2. The summed E-state index contributed by atoms with van der Waals surface area (Å²) in [5, 5.41) is 12.0. The lowest BCUT2D eigenvalue weighted by Crippen LogP contribution is -2.55. The number of imide groups is 1. The Balaban J connectivity index is 2.11. The fourth-order valence-corrected chi connectivity index (χ4v) is 5.59. The molecule has 0 unspecified atom stereocenters. The van der Waals surface area contributed by atoms with E-state index in [1.807, 2.05) is 65.7 Å². The number of nitrogens with one attached hydrogen (secondary N) is 1. The second-order valence-corrected chi connectivity index (χ2v) is 10.3. The summed E-state index contributed by atoms with van der Waals surface area (Å²) in [6.07, 6.45) is 0.851. The fourth-order valence-electron chi connectivity index (χ4n) is 5.26. The standard InChI is InChI=1S/C27H32Cl2N2O4/c1-4-21(5-2)31-24(17-9-11-19(28)12-10-17)22(18-7-6-8-20(29)15-18)16-27(3,25(31)33)14-13-23(32)30-26(34)35/h6-12,15,21-22,24H,4-5,13-14,16H2,1-3H3,(H,30,32)(H,34,35)/t22-,24-,27+/m1/s1. The van der Waals surface area contributed by atoms with Crippen LogP contribution in [0.5, 0.6) is 0 Å². The third kappa shape index (κ3) is 6.17. The number of rotatable bonds is 8. The maximum Gasteiger partial charge on any atom is 0.411 e. The first-order valence-corrected chi connectivity index (χ1v) is 12.7. The molecule has 1 fully saturated rings. The zero-order chi connectivity index (χ0) is 25.8. The van der Waals surface area contributed by atoms with E-state index >= 15 is 0 Å². The van der Waals surface area contributed by atoms with Gasteiger partial charge in [0.2, 0.25) is 11.8 Å². The predicted molar refractivity (Wildman–Crippen MR) is 138 cm³/mol. The Kier molecular flexibility index (Phi) is 8.84. The minimum Gasteiger partial charge on any atom is -0.465 e. The van der Waals surface area contributed by atoms with Gasteiger partial charge >= 0.3 is 6.09 Å². The van der Waals surface area contributed by atoms with Gasteiger partial charge in [0, 0.05) is 33.8 Å². The van der Waals surface area contributed by atoms with Crippen LogP contribution in [0.1, 0.15) is 76.0 Å². The highest BCUT2D eigenvalue weighted by atomic mass is 35.5. The smallest absolute Gasteiger partial charge is 0.411 e. The van der Waals surface area contributed by atoms with Crippen LogP contribution in [0.2, 0.25) is 10.0 Å². The molecule has 0 spiro atoms. The van der Waals surface area contributed by atoms with E-state index in [-0.39, 0.29) is 36.8 Å². The molecule has 2 N–H and O–H groups in total. The fraction of sp³-hybridized carbons (Fsp3) is 0.444. The van der Waals surface area contributed by atoms with Crippen LogP contribution in [0.4, 0.5) is 4.79 Å². The molecule has 2 aromatic rings. The van der Waals surface area contributed by atoms with Crippen LogP contribution in [0.3, 0.4) is 0 Å². The van der Waals surface area contributed by atoms with Gasteiger partial charge in [0.25, 0.3) is 0 Å². The van der Waals surface area contributed by atoms with Gasteiger partial charge in [0.05, 0.1) is 6.04 Å². The molecule has 3 rings (SSSR count). The highest BCUT2D eigenvalue weighted by Gasteiger charge is 2.51. The predicted octanol–water partition coefficient (Wildman–Crippen LogP) is 6.82. The van der Waals surface area contributed by atoms with Crippen LogP contribution >= 0.6 is 23.2 Å². The largest absolute Gasteiger partial charge is 0.465 e. The SMILES string of the molecule is CCC(CC)N1C(=O)[C@@](C)(CCC(=O)NC(=O)O)C[C@H](c2cccc(Cl)c2)[C@H]1c1ccc(Cl)cc1. The summed E-state index contributed by atoms with van der Waals surface area (Å²) in [5.74, 6) is -0.715. The Morgan fingerprint density at radius 1 is 1.09 bits per heavy atom. The van der Waals surface area contributed by atoms with Crippen molar-refractivity contribution in [1.29, 1.82) is 0 Å². The number of hydrogen-bond acceptors (Lipinski definition) is 3. The van der Waals surface area contributed by atoms with Gasteiger partial charge in [-0.3, -0.25) is 14.9 Å². The Morgan fingerprint density at radius 3 is 2.31 bits per heavy atom. The maximum absolute atomic E-state index is 14.2. The number of carbonyl (C=O) groups excluding carboxylic acids is 2. The van der Waals surface area contributed by atoms with E-state index in [4.69, 9.17) is 28.3 Å². The molecular formula is C27H32Cl2N2O4. The molecule has 188 valence electrons. The lowest BCUT2D eigenvalue weighted by atomic mass is 9.66. The Morgan fingerprint density at radius 2 is 1.74 bits per heavy atom. The lowest BCUT2D eigenvalue weighted by Gasteiger charge is -2.52. The first kappa shape index (κ1) is 27.0. The van der Waals surface area contributed by atoms with Crippen molar-refractivity contribution in [2.45, 2.75) is 70.9 Å². The van der Waals surface area contributed by atoms with Crippen molar-refractivity contribution < 1.29 is 19.5 Å². The topological polar surface area (TPSA) is 86.7 Å². The van der Waals surface area contributed by atoms with Gasteiger partial charge in [-0.25, -0.2) is 4.79 Å². The number of carbonyl (C=O) groups is 3. The Bertz CT molecular complexity index is 1070. The number of nitrogens with zero attached hydrogens (tertiary/aromatic N) is 1. The molecule has 8 heteroatoms. The van der Waals surface area contributed by atoms with Crippen molar-refractivity contribution >= 4 is 41.1 Å². The average Bonchev–Trinajstić information content (AvgIpc) is 2.81. The molecule has 6 nitrogen and oxygen atoms in total.